The highest BCUT2D eigenvalue weighted by molar-refractivity contribution is 5.45. The zero-order valence-corrected chi connectivity index (χ0v) is 17.0. The van der Waals surface area contributed by atoms with Gasteiger partial charge in [-0.15, -0.1) is 0 Å². The van der Waals surface area contributed by atoms with E-state index in [1.807, 2.05) is 48.5 Å². The first-order valence-electron chi connectivity index (χ1n) is 10.1. The molecule has 0 amide bonds. The van der Waals surface area contributed by atoms with Crippen LogP contribution in [0, 0.1) is 0 Å². The van der Waals surface area contributed by atoms with Gasteiger partial charge in [-0.25, -0.2) is 0 Å². The van der Waals surface area contributed by atoms with E-state index >= 15 is 0 Å². The molecule has 0 radical (unpaired) electrons. The molecule has 0 aliphatic heterocycles. The second kappa shape index (κ2) is 8.84. The van der Waals surface area contributed by atoms with E-state index in [-0.39, 0.29) is 23.0 Å². The van der Waals surface area contributed by atoms with Gasteiger partial charge in [-0.2, -0.15) is 0 Å². The zero-order valence-electron chi connectivity index (χ0n) is 17.0. The fourth-order valence-corrected chi connectivity index (χ4v) is 3.68. The molecule has 4 aromatic carbocycles. The minimum Gasteiger partial charge on any atom is -0.508 e. The van der Waals surface area contributed by atoms with Crippen LogP contribution >= 0.6 is 0 Å². The molecule has 0 heterocycles. The number of phenolic OH excluding ortho intramolecular Hbond substituents is 4. The van der Waals surface area contributed by atoms with Gasteiger partial charge in [0.05, 0.1) is 0 Å². The van der Waals surface area contributed by atoms with E-state index in [4.69, 9.17) is 0 Å². The second-order valence-corrected chi connectivity index (χ2v) is 7.79. The predicted molar refractivity (Wildman–Crippen MR) is 121 cm³/mol. The van der Waals surface area contributed by atoms with Crippen molar-refractivity contribution in [1.82, 2.24) is 0 Å². The molecule has 0 saturated heterocycles. The summed E-state index contributed by atoms with van der Waals surface area (Å²) in [7, 11) is 0. The molecule has 4 N–H and O–H groups in total. The molecule has 0 aliphatic carbocycles. The standard InChI is InChI=1S/C27H24O4/c28-24-7-1-18(2-8-24)13-20-5-11-27(31)23(15-20)17-21-6-12-26(30)22(16-21)14-19-3-9-25(29)10-4-19/h1-12,15-16,28-31H,13-14,17H2. The van der Waals surface area contributed by atoms with Crippen LogP contribution < -0.4 is 0 Å². The Morgan fingerprint density at radius 1 is 0.387 bits per heavy atom. The van der Waals surface area contributed by atoms with E-state index in [1.165, 1.54) is 0 Å². The molecule has 4 rings (SSSR count). The number of benzene rings is 4. The van der Waals surface area contributed by atoms with Gasteiger partial charge in [0.2, 0.25) is 0 Å². The Labute approximate surface area is 181 Å². The molecular weight excluding hydrogens is 388 g/mol. The van der Waals surface area contributed by atoms with Crippen LogP contribution in [0.5, 0.6) is 23.0 Å². The average molecular weight is 412 g/mol. The van der Waals surface area contributed by atoms with Crippen LogP contribution in [0.4, 0.5) is 0 Å². The number of phenols is 4. The average Bonchev–Trinajstić information content (AvgIpc) is 2.76. The quantitative estimate of drug-likeness (QED) is 0.347. The van der Waals surface area contributed by atoms with E-state index in [0.717, 1.165) is 33.4 Å². The lowest BCUT2D eigenvalue weighted by molar-refractivity contribution is 0.468. The minimum absolute atomic E-state index is 0.212. The van der Waals surface area contributed by atoms with E-state index in [9.17, 15) is 20.4 Å². The molecule has 0 atom stereocenters. The largest absolute Gasteiger partial charge is 0.508 e. The summed E-state index contributed by atoms with van der Waals surface area (Å²) in [5, 5.41) is 39.6. The highest BCUT2D eigenvalue weighted by Gasteiger charge is 2.09. The monoisotopic (exact) mass is 412 g/mol. The molecule has 0 bridgehead atoms. The van der Waals surface area contributed by atoms with Gasteiger partial charge in [-0.1, -0.05) is 48.5 Å². The third-order valence-corrected chi connectivity index (χ3v) is 5.36. The molecule has 4 heteroatoms. The van der Waals surface area contributed by atoms with Crippen LogP contribution in [0.3, 0.4) is 0 Å². The fourth-order valence-electron chi connectivity index (χ4n) is 3.68. The van der Waals surface area contributed by atoms with Crippen molar-refractivity contribution in [2.24, 2.45) is 0 Å². The molecule has 156 valence electrons. The fraction of sp³-hybridized carbons (Fsp3) is 0.111. The molecule has 0 unspecified atom stereocenters. The van der Waals surface area contributed by atoms with Crippen LogP contribution in [0.15, 0.2) is 84.9 Å². The maximum Gasteiger partial charge on any atom is 0.119 e. The molecule has 4 nitrogen and oxygen atoms in total. The normalized spacial score (nSPS) is 10.8. The highest BCUT2D eigenvalue weighted by atomic mass is 16.3. The lowest BCUT2D eigenvalue weighted by Gasteiger charge is -2.11. The summed E-state index contributed by atoms with van der Waals surface area (Å²) in [6.45, 7) is 0. The van der Waals surface area contributed by atoms with E-state index in [2.05, 4.69) is 0 Å². The van der Waals surface area contributed by atoms with Crippen molar-refractivity contribution in [2.75, 3.05) is 0 Å². The Morgan fingerprint density at radius 3 is 1.23 bits per heavy atom. The van der Waals surface area contributed by atoms with Crippen molar-refractivity contribution >= 4 is 0 Å². The molecule has 0 aliphatic rings. The smallest absolute Gasteiger partial charge is 0.119 e. The Morgan fingerprint density at radius 2 is 0.742 bits per heavy atom. The van der Waals surface area contributed by atoms with Crippen LogP contribution in [0.1, 0.15) is 33.4 Å². The van der Waals surface area contributed by atoms with Gasteiger partial charge >= 0.3 is 0 Å². The van der Waals surface area contributed by atoms with Crippen LogP contribution in [-0.4, -0.2) is 20.4 Å². The number of aromatic hydroxyl groups is 4. The molecule has 0 spiro atoms. The Hall–Kier alpha value is -3.92. The molecule has 0 fully saturated rings. The van der Waals surface area contributed by atoms with Gasteiger partial charge in [0, 0.05) is 12.8 Å². The summed E-state index contributed by atoms with van der Waals surface area (Å²) >= 11 is 0. The van der Waals surface area contributed by atoms with Gasteiger partial charge < -0.3 is 20.4 Å². The molecule has 4 aromatic rings. The Bertz CT molecular complexity index is 1180. The first-order valence-corrected chi connectivity index (χ1v) is 10.1. The number of hydrogen-bond donors (Lipinski definition) is 4. The maximum absolute atomic E-state index is 10.4. The Kier molecular flexibility index (Phi) is 5.80. The Balaban J connectivity index is 1.54. The third kappa shape index (κ3) is 5.17. The van der Waals surface area contributed by atoms with E-state index in [0.29, 0.717) is 19.3 Å². The van der Waals surface area contributed by atoms with E-state index < -0.39 is 0 Å². The predicted octanol–water partition coefficient (Wildman–Crippen LogP) is 5.28. The summed E-state index contributed by atoms with van der Waals surface area (Å²) in [5.74, 6) is 0.916. The first-order chi connectivity index (χ1) is 15.0. The summed E-state index contributed by atoms with van der Waals surface area (Å²) in [5.41, 5.74) is 5.74. The van der Waals surface area contributed by atoms with Crippen LogP contribution in [-0.2, 0) is 19.3 Å². The molecule has 0 saturated carbocycles. The second-order valence-electron chi connectivity index (χ2n) is 7.79. The van der Waals surface area contributed by atoms with Gasteiger partial charge in [0.15, 0.2) is 0 Å². The van der Waals surface area contributed by atoms with Crippen molar-refractivity contribution in [3.63, 3.8) is 0 Å². The maximum atomic E-state index is 10.4. The summed E-state index contributed by atoms with van der Waals surface area (Å²) in [6.07, 6.45) is 1.79. The summed E-state index contributed by atoms with van der Waals surface area (Å²) < 4.78 is 0. The highest BCUT2D eigenvalue weighted by Crippen LogP contribution is 2.27. The van der Waals surface area contributed by atoms with Crippen molar-refractivity contribution in [3.8, 4) is 23.0 Å². The number of rotatable bonds is 6. The summed E-state index contributed by atoms with van der Waals surface area (Å²) in [4.78, 5) is 0. The van der Waals surface area contributed by atoms with Crippen molar-refractivity contribution in [2.45, 2.75) is 19.3 Å². The van der Waals surface area contributed by atoms with Crippen molar-refractivity contribution in [3.05, 3.63) is 118 Å². The third-order valence-electron chi connectivity index (χ3n) is 5.36. The van der Waals surface area contributed by atoms with Crippen LogP contribution in [0.25, 0.3) is 0 Å². The SMILES string of the molecule is Oc1ccc(Cc2ccc(O)c(Cc3ccc(O)c(Cc4ccc(O)cc4)c3)c2)cc1. The van der Waals surface area contributed by atoms with Crippen LogP contribution in [0.2, 0.25) is 0 Å². The van der Waals surface area contributed by atoms with E-state index in [1.54, 1.807) is 36.4 Å². The summed E-state index contributed by atoms with van der Waals surface area (Å²) in [6, 6.07) is 25.1. The van der Waals surface area contributed by atoms with Gasteiger partial charge in [-0.05, 0) is 76.2 Å². The first kappa shape index (κ1) is 20.4. The van der Waals surface area contributed by atoms with Gasteiger partial charge in [-0.3, -0.25) is 0 Å². The van der Waals surface area contributed by atoms with Gasteiger partial charge in [0.25, 0.3) is 0 Å². The molecule has 0 aromatic heterocycles. The lowest BCUT2D eigenvalue weighted by atomic mass is 9.96. The van der Waals surface area contributed by atoms with Crippen molar-refractivity contribution < 1.29 is 20.4 Å². The van der Waals surface area contributed by atoms with Crippen molar-refractivity contribution in [1.29, 1.82) is 0 Å². The molecule has 31 heavy (non-hydrogen) atoms. The lowest BCUT2D eigenvalue weighted by Crippen LogP contribution is -1.96. The topological polar surface area (TPSA) is 80.9 Å². The number of hydrogen-bond acceptors (Lipinski definition) is 4. The minimum atomic E-state index is 0.212. The molecular formula is C27H24O4. The zero-order chi connectivity index (χ0) is 21.8. The van der Waals surface area contributed by atoms with Gasteiger partial charge in [0.1, 0.15) is 23.0 Å².